The third-order valence-electron chi connectivity index (χ3n) is 2.32. The third kappa shape index (κ3) is 2.67. The molecule has 1 aromatic carbocycles. The predicted octanol–water partition coefficient (Wildman–Crippen LogP) is 1.54. The van der Waals surface area contributed by atoms with Crippen molar-refractivity contribution in [3.8, 4) is 5.69 Å². The van der Waals surface area contributed by atoms with Gasteiger partial charge in [-0.2, -0.15) is 4.68 Å². The van der Waals surface area contributed by atoms with Crippen molar-refractivity contribution in [2.45, 2.75) is 24.3 Å². The van der Waals surface area contributed by atoms with Crippen LogP contribution >= 0.6 is 11.8 Å². The minimum absolute atomic E-state index is 0.468. The van der Waals surface area contributed by atoms with E-state index in [9.17, 15) is 4.79 Å². The topological polar surface area (TPSA) is 80.9 Å². The van der Waals surface area contributed by atoms with E-state index < -0.39 is 11.2 Å². The summed E-state index contributed by atoms with van der Waals surface area (Å²) in [6.07, 6.45) is 0. The van der Waals surface area contributed by atoms with Crippen LogP contribution in [0.1, 0.15) is 12.5 Å². The van der Waals surface area contributed by atoms with E-state index in [1.807, 2.05) is 31.2 Å². The fraction of sp³-hybridized carbons (Fsp3) is 0.273. The van der Waals surface area contributed by atoms with Gasteiger partial charge >= 0.3 is 5.97 Å². The lowest BCUT2D eigenvalue weighted by Crippen LogP contribution is -2.12. The summed E-state index contributed by atoms with van der Waals surface area (Å²) in [5.74, 6) is -0.890. The van der Waals surface area contributed by atoms with Crippen LogP contribution < -0.4 is 0 Å². The van der Waals surface area contributed by atoms with E-state index in [0.717, 1.165) is 23.0 Å². The second-order valence-corrected chi connectivity index (χ2v) is 5.12. The Morgan fingerprint density at radius 1 is 1.50 bits per heavy atom. The Bertz CT molecular complexity index is 570. The van der Waals surface area contributed by atoms with Gasteiger partial charge in [0.2, 0.25) is 5.16 Å². The number of hydrogen-bond donors (Lipinski definition) is 1. The number of rotatable bonds is 4. The Hall–Kier alpha value is -1.89. The van der Waals surface area contributed by atoms with Crippen LogP contribution in [0.25, 0.3) is 5.69 Å². The number of carboxylic acids is 1. The van der Waals surface area contributed by atoms with Crippen LogP contribution in [0.15, 0.2) is 29.4 Å². The van der Waals surface area contributed by atoms with Gasteiger partial charge in [-0.3, -0.25) is 4.79 Å². The molecule has 0 saturated heterocycles. The molecule has 0 saturated carbocycles. The van der Waals surface area contributed by atoms with Crippen molar-refractivity contribution in [3.05, 3.63) is 29.8 Å². The van der Waals surface area contributed by atoms with Gasteiger partial charge in [0.1, 0.15) is 5.25 Å². The van der Waals surface area contributed by atoms with Crippen LogP contribution in [0.3, 0.4) is 0 Å². The summed E-state index contributed by atoms with van der Waals surface area (Å²) >= 11 is 1.11. The van der Waals surface area contributed by atoms with Crippen molar-refractivity contribution >= 4 is 17.7 Å². The van der Waals surface area contributed by atoms with Gasteiger partial charge in [-0.1, -0.05) is 23.9 Å². The van der Waals surface area contributed by atoms with Crippen LogP contribution in [-0.2, 0) is 4.79 Å². The van der Waals surface area contributed by atoms with E-state index in [2.05, 4.69) is 15.5 Å². The Morgan fingerprint density at radius 3 is 2.94 bits per heavy atom. The molecule has 1 N–H and O–H groups in total. The summed E-state index contributed by atoms with van der Waals surface area (Å²) in [7, 11) is 0. The smallest absolute Gasteiger partial charge is 0.316 e. The van der Waals surface area contributed by atoms with Crippen molar-refractivity contribution < 1.29 is 9.90 Å². The second kappa shape index (κ2) is 5.18. The first-order valence-electron chi connectivity index (χ1n) is 5.33. The van der Waals surface area contributed by atoms with Crippen LogP contribution in [-0.4, -0.2) is 36.5 Å². The molecule has 18 heavy (non-hydrogen) atoms. The first kappa shape index (κ1) is 12.6. The molecule has 1 aromatic heterocycles. The molecule has 0 bridgehead atoms. The number of carboxylic acid groups (broad SMARTS) is 1. The van der Waals surface area contributed by atoms with E-state index in [1.165, 1.54) is 4.68 Å². The Kier molecular flexibility index (Phi) is 3.61. The molecule has 0 amide bonds. The lowest BCUT2D eigenvalue weighted by molar-refractivity contribution is -0.136. The van der Waals surface area contributed by atoms with Gasteiger partial charge in [-0.05, 0) is 42.0 Å². The van der Waals surface area contributed by atoms with Gasteiger partial charge in [-0.15, -0.1) is 5.10 Å². The van der Waals surface area contributed by atoms with Crippen LogP contribution in [0.5, 0.6) is 0 Å². The Labute approximate surface area is 108 Å². The zero-order valence-electron chi connectivity index (χ0n) is 9.94. The Morgan fingerprint density at radius 2 is 2.28 bits per heavy atom. The fourth-order valence-electron chi connectivity index (χ4n) is 1.38. The van der Waals surface area contributed by atoms with Crippen LogP contribution in [0.2, 0.25) is 0 Å². The van der Waals surface area contributed by atoms with Crippen molar-refractivity contribution in [1.82, 2.24) is 20.2 Å². The van der Waals surface area contributed by atoms with E-state index in [0.29, 0.717) is 5.16 Å². The molecule has 2 aromatic rings. The van der Waals surface area contributed by atoms with Crippen molar-refractivity contribution in [3.63, 3.8) is 0 Å². The minimum Gasteiger partial charge on any atom is -0.480 e. The fourth-order valence-corrected chi connectivity index (χ4v) is 2.13. The maximum Gasteiger partial charge on any atom is 0.316 e. The standard InChI is InChI=1S/C11H12N4O2S/c1-7-4-3-5-9(6-7)15-11(12-13-14-15)18-8(2)10(16)17/h3-6,8H,1-2H3,(H,16,17)/t8-/m0/s1. The molecular formula is C11H12N4O2S. The molecule has 0 unspecified atom stereocenters. The zero-order chi connectivity index (χ0) is 13.1. The predicted molar refractivity (Wildman–Crippen MR) is 66.8 cm³/mol. The number of tetrazole rings is 1. The number of benzene rings is 1. The number of hydrogen-bond acceptors (Lipinski definition) is 5. The molecule has 0 aliphatic rings. The summed E-state index contributed by atoms with van der Waals surface area (Å²) in [5, 5.41) is 20.1. The highest BCUT2D eigenvalue weighted by Gasteiger charge is 2.18. The number of aryl methyl sites for hydroxylation is 1. The summed E-state index contributed by atoms with van der Waals surface area (Å²) in [6.45, 7) is 3.57. The summed E-state index contributed by atoms with van der Waals surface area (Å²) in [5.41, 5.74) is 1.91. The SMILES string of the molecule is Cc1cccc(-n2nnnc2S[C@@H](C)C(=O)O)c1. The molecule has 0 aliphatic heterocycles. The highest BCUT2D eigenvalue weighted by atomic mass is 32.2. The molecule has 1 atom stereocenters. The number of carbonyl (C=O) groups is 1. The normalized spacial score (nSPS) is 12.3. The van der Waals surface area contributed by atoms with E-state index >= 15 is 0 Å². The second-order valence-electron chi connectivity index (χ2n) is 3.81. The lowest BCUT2D eigenvalue weighted by atomic mass is 10.2. The molecule has 1 heterocycles. The highest BCUT2D eigenvalue weighted by molar-refractivity contribution is 8.00. The van der Waals surface area contributed by atoms with E-state index in [-0.39, 0.29) is 0 Å². The largest absolute Gasteiger partial charge is 0.480 e. The molecule has 6 nitrogen and oxygen atoms in total. The van der Waals surface area contributed by atoms with Gasteiger partial charge in [0, 0.05) is 0 Å². The summed E-state index contributed by atoms with van der Waals surface area (Å²) in [6, 6.07) is 7.69. The molecule has 94 valence electrons. The molecule has 0 fully saturated rings. The van der Waals surface area contributed by atoms with Crippen molar-refractivity contribution in [2.24, 2.45) is 0 Å². The summed E-state index contributed by atoms with van der Waals surface area (Å²) in [4.78, 5) is 10.8. The molecule has 0 spiro atoms. The number of thioether (sulfide) groups is 1. The van der Waals surface area contributed by atoms with Crippen molar-refractivity contribution in [2.75, 3.05) is 0 Å². The first-order chi connectivity index (χ1) is 8.58. The van der Waals surface area contributed by atoms with Gasteiger partial charge < -0.3 is 5.11 Å². The first-order valence-corrected chi connectivity index (χ1v) is 6.21. The number of nitrogens with zero attached hydrogens (tertiary/aromatic N) is 4. The number of aromatic nitrogens is 4. The van der Waals surface area contributed by atoms with Gasteiger partial charge in [0.05, 0.1) is 5.69 Å². The molecule has 0 radical (unpaired) electrons. The molecule has 7 heteroatoms. The highest BCUT2D eigenvalue weighted by Crippen LogP contribution is 2.23. The van der Waals surface area contributed by atoms with Crippen LogP contribution in [0, 0.1) is 6.92 Å². The molecule has 0 aliphatic carbocycles. The third-order valence-corrected chi connectivity index (χ3v) is 3.34. The molecular weight excluding hydrogens is 252 g/mol. The van der Waals surface area contributed by atoms with Crippen LogP contribution in [0.4, 0.5) is 0 Å². The zero-order valence-corrected chi connectivity index (χ0v) is 10.8. The lowest BCUT2D eigenvalue weighted by Gasteiger charge is -2.07. The monoisotopic (exact) mass is 264 g/mol. The van der Waals surface area contributed by atoms with Crippen molar-refractivity contribution in [1.29, 1.82) is 0 Å². The average Bonchev–Trinajstić information content (AvgIpc) is 2.77. The maximum absolute atomic E-state index is 10.8. The quantitative estimate of drug-likeness (QED) is 0.843. The van der Waals surface area contributed by atoms with E-state index in [1.54, 1.807) is 6.92 Å². The minimum atomic E-state index is -0.890. The van der Waals surface area contributed by atoms with Gasteiger partial charge in [0.15, 0.2) is 0 Å². The van der Waals surface area contributed by atoms with E-state index in [4.69, 9.17) is 5.11 Å². The van der Waals surface area contributed by atoms with Gasteiger partial charge in [0.25, 0.3) is 0 Å². The number of aliphatic carboxylic acids is 1. The summed E-state index contributed by atoms with van der Waals surface area (Å²) < 4.78 is 1.54. The Balaban J connectivity index is 2.30. The van der Waals surface area contributed by atoms with Gasteiger partial charge in [-0.25, -0.2) is 0 Å². The maximum atomic E-state index is 10.8. The average molecular weight is 264 g/mol. The molecule has 2 rings (SSSR count).